The molecule has 8 heteroatoms. The van der Waals surface area contributed by atoms with Gasteiger partial charge < -0.3 is 14.2 Å². The Morgan fingerprint density at radius 2 is 1.81 bits per heavy atom. The van der Waals surface area contributed by atoms with Gasteiger partial charge in [0.05, 0.1) is 13.2 Å². The van der Waals surface area contributed by atoms with Crippen molar-refractivity contribution in [1.82, 2.24) is 15.0 Å². The molecular formula is C19H15F2N3O3. The van der Waals surface area contributed by atoms with Gasteiger partial charge in [0, 0.05) is 29.8 Å². The fraction of sp³-hybridized carbons (Fsp3) is 0.211. The molecule has 1 fully saturated rings. The zero-order chi connectivity index (χ0) is 18.8. The van der Waals surface area contributed by atoms with Gasteiger partial charge in [0.2, 0.25) is 5.82 Å². The Labute approximate surface area is 153 Å². The van der Waals surface area contributed by atoms with Crippen molar-refractivity contribution < 1.29 is 22.8 Å². The van der Waals surface area contributed by atoms with Crippen LogP contribution < -0.4 is 0 Å². The van der Waals surface area contributed by atoms with Gasteiger partial charge in [-0.3, -0.25) is 4.79 Å². The first-order valence-corrected chi connectivity index (χ1v) is 8.38. The SMILES string of the molecule is O=C(c1cccc(-c2noc(-c3ccc(F)c(F)c3)n2)c1)N1CCOCC1. The normalized spacial score (nSPS) is 14.4. The lowest BCUT2D eigenvalue weighted by molar-refractivity contribution is 0.0303. The lowest BCUT2D eigenvalue weighted by Gasteiger charge is -2.26. The van der Waals surface area contributed by atoms with Gasteiger partial charge in [0.25, 0.3) is 11.8 Å². The number of carbonyl (C=O) groups is 1. The average Bonchev–Trinajstić information content (AvgIpc) is 3.20. The monoisotopic (exact) mass is 371 g/mol. The number of rotatable bonds is 3. The maximum absolute atomic E-state index is 13.4. The van der Waals surface area contributed by atoms with Crippen LogP contribution >= 0.6 is 0 Å². The number of hydrogen-bond donors (Lipinski definition) is 0. The Balaban J connectivity index is 1.60. The van der Waals surface area contributed by atoms with E-state index in [1.165, 1.54) is 6.07 Å². The predicted octanol–water partition coefficient (Wildman–Crippen LogP) is 3.15. The molecule has 0 bridgehead atoms. The maximum atomic E-state index is 13.4. The molecule has 27 heavy (non-hydrogen) atoms. The third-order valence-corrected chi connectivity index (χ3v) is 4.26. The zero-order valence-corrected chi connectivity index (χ0v) is 14.2. The van der Waals surface area contributed by atoms with Crippen LogP contribution in [0.4, 0.5) is 8.78 Å². The second kappa shape index (κ2) is 7.24. The minimum absolute atomic E-state index is 0.0637. The van der Waals surface area contributed by atoms with Crippen LogP contribution in [-0.4, -0.2) is 47.3 Å². The van der Waals surface area contributed by atoms with Gasteiger partial charge in [-0.1, -0.05) is 17.3 Å². The lowest BCUT2D eigenvalue weighted by atomic mass is 10.1. The van der Waals surface area contributed by atoms with Crippen LogP contribution in [0.5, 0.6) is 0 Å². The summed E-state index contributed by atoms with van der Waals surface area (Å²) in [5, 5.41) is 3.88. The second-order valence-electron chi connectivity index (χ2n) is 6.04. The fourth-order valence-electron chi connectivity index (χ4n) is 2.83. The van der Waals surface area contributed by atoms with Crippen LogP contribution in [0, 0.1) is 11.6 Å². The number of morpholine rings is 1. The van der Waals surface area contributed by atoms with Crippen molar-refractivity contribution in [3.05, 3.63) is 59.7 Å². The molecule has 2 heterocycles. The van der Waals surface area contributed by atoms with E-state index in [0.717, 1.165) is 12.1 Å². The van der Waals surface area contributed by atoms with E-state index in [1.807, 2.05) is 0 Å². The summed E-state index contributed by atoms with van der Waals surface area (Å²) in [4.78, 5) is 18.6. The summed E-state index contributed by atoms with van der Waals surface area (Å²) in [6.45, 7) is 2.14. The minimum atomic E-state index is -0.995. The van der Waals surface area contributed by atoms with Gasteiger partial charge in [0.15, 0.2) is 11.6 Å². The predicted molar refractivity (Wildman–Crippen MR) is 91.8 cm³/mol. The smallest absolute Gasteiger partial charge is 0.258 e. The highest BCUT2D eigenvalue weighted by Crippen LogP contribution is 2.24. The number of hydrogen-bond acceptors (Lipinski definition) is 5. The van der Waals surface area contributed by atoms with Gasteiger partial charge in [-0.25, -0.2) is 8.78 Å². The Kier molecular flexibility index (Phi) is 4.64. The van der Waals surface area contributed by atoms with Crippen LogP contribution in [0.15, 0.2) is 47.0 Å². The highest BCUT2D eigenvalue weighted by Gasteiger charge is 2.20. The first kappa shape index (κ1) is 17.3. The van der Waals surface area contributed by atoms with E-state index in [1.54, 1.807) is 29.2 Å². The van der Waals surface area contributed by atoms with Crippen LogP contribution in [0.25, 0.3) is 22.8 Å². The van der Waals surface area contributed by atoms with Crippen molar-refractivity contribution >= 4 is 5.91 Å². The standard InChI is InChI=1S/C19H15F2N3O3/c20-15-5-4-13(11-16(15)21)18-22-17(23-27-18)12-2-1-3-14(10-12)19(25)24-6-8-26-9-7-24/h1-5,10-11H,6-9H2. The molecule has 0 radical (unpaired) electrons. The molecule has 0 N–H and O–H groups in total. The van der Waals surface area contributed by atoms with Gasteiger partial charge >= 0.3 is 0 Å². The van der Waals surface area contributed by atoms with E-state index in [0.29, 0.717) is 37.4 Å². The van der Waals surface area contributed by atoms with Crippen molar-refractivity contribution in [1.29, 1.82) is 0 Å². The molecule has 1 aliphatic heterocycles. The third kappa shape index (κ3) is 3.56. The molecule has 1 saturated heterocycles. The quantitative estimate of drug-likeness (QED) is 0.707. The number of aromatic nitrogens is 2. The summed E-state index contributed by atoms with van der Waals surface area (Å²) in [5.41, 5.74) is 1.37. The number of nitrogens with zero attached hydrogens (tertiary/aromatic N) is 3. The largest absolute Gasteiger partial charge is 0.378 e. The summed E-state index contributed by atoms with van der Waals surface area (Å²) in [6.07, 6.45) is 0. The van der Waals surface area contributed by atoms with Crippen molar-refractivity contribution in [3.8, 4) is 22.8 Å². The Morgan fingerprint density at radius 3 is 2.59 bits per heavy atom. The molecule has 138 valence electrons. The Hall–Kier alpha value is -3.13. The highest BCUT2D eigenvalue weighted by atomic mass is 19.2. The summed E-state index contributed by atoms with van der Waals surface area (Å²) in [7, 11) is 0. The molecule has 0 atom stereocenters. The number of benzene rings is 2. The van der Waals surface area contributed by atoms with Crippen LogP contribution in [-0.2, 0) is 4.74 Å². The molecule has 3 aromatic rings. The molecule has 0 spiro atoms. The van der Waals surface area contributed by atoms with Crippen LogP contribution in [0.2, 0.25) is 0 Å². The molecule has 1 amide bonds. The van der Waals surface area contributed by atoms with Crippen molar-refractivity contribution in [2.45, 2.75) is 0 Å². The maximum Gasteiger partial charge on any atom is 0.258 e. The minimum Gasteiger partial charge on any atom is -0.378 e. The highest BCUT2D eigenvalue weighted by molar-refractivity contribution is 5.95. The number of ether oxygens (including phenoxy) is 1. The van der Waals surface area contributed by atoms with Crippen LogP contribution in [0.3, 0.4) is 0 Å². The van der Waals surface area contributed by atoms with E-state index in [9.17, 15) is 13.6 Å². The molecule has 0 aliphatic carbocycles. The average molecular weight is 371 g/mol. The van der Waals surface area contributed by atoms with Crippen molar-refractivity contribution in [3.63, 3.8) is 0 Å². The first-order valence-electron chi connectivity index (χ1n) is 8.38. The zero-order valence-electron chi connectivity index (χ0n) is 14.2. The summed E-state index contributed by atoms with van der Waals surface area (Å²) in [6, 6.07) is 10.2. The number of halogens is 2. The Morgan fingerprint density at radius 1 is 1.00 bits per heavy atom. The van der Waals surface area contributed by atoms with Crippen LogP contribution in [0.1, 0.15) is 10.4 Å². The number of carbonyl (C=O) groups excluding carboxylic acids is 1. The van der Waals surface area contributed by atoms with Crippen molar-refractivity contribution in [2.24, 2.45) is 0 Å². The van der Waals surface area contributed by atoms with E-state index in [-0.39, 0.29) is 23.2 Å². The molecule has 0 unspecified atom stereocenters. The van der Waals surface area contributed by atoms with E-state index < -0.39 is 11.6 Å². The van der Waals surface area contributed by atoms with E-state index in [2.05, 4.69) is 10.1 Å². The van der Waals surface area contributed by atoms with E-state index in [4.69, 9.17) is 9.26 Å². The van der Waals surface area contributed by atoms with Gasteiger partial charge in [-0.05, 0) is 30.3 Å². The van der Waals surface area contributed by atoms with Crippen molar-refractivity contribution in [2.75, 3.05) is 26.3 Å². The number of amides is 1. The lowest BCUT2D eigenvalue weighted by Crippen LogP contribution is -2.40. The molecule has 4 rings (SSSR count). The Bertz CT molecular complexity index is 984. The first-order chi connectivity index (χ1) is 13.1. The molecule has 0 saturated carbocycles. The third-order valence-electron chi connectivity index (χ3n) is 4.26. The van der Waals surface area contributed by atoms with E-state index >= 15 is 0 Å². The molecular weight excluding hydrogens is 356 g/mol. The van der Waals surface area contributed by atoms with Gasteiger partial charge in [-0.15, -0.1) is 0 Å². The van der Waals surface area contributed by atoms with Gasteiger partial charge in [-0.2, -0.15) is 4.98 Å². The molecule has 2 aromatic carbocycles. The summed E-state index contributed by atoms with van der Waals surface area (Å²) < 4.78 is 36.9. The molecule has 1 aromatic heterocycles. The molecule has 1 aliphatic rings. The summed E-state index contributed by atoms with van der Waals surface area (Å²) in [5.74, 6) is -1.72. The second-order valence-corrected chi connectivity index (χ2v) is 6.04. The topological polar surface area (TPSA) is 68.5 Å². The summed E-state index contributed by atoms with van der Waals surface area (Å²) >= 11 is 0. The molecule has 6 nitrogen and oxygen atoms in total. The fourth-order valence-corrected chi connectivity index (χ4v) is 2.83. The van der Waals surface area contributed by atoms with Gasteiger partial charge in [0.1, 0.15) is 0 Å².